The predicted molar refractivity (Wildman–Crippen MR) is 50.9 cm³/mol. The van der Waals surface area contributed by atoms with Crippen LogP contribution in [0.2, 0.25) is 0 Å². The fourth-order valence-electron chi connectivity index (χ4n) is 2.88. The maximum absolute atomic E-state index is 4.28. The Kier molecular flexibility index (Phi) is 1.14. The maximum Gasteiger partial charge on any atom is 0.225 e. The normalized spacial score (nSPS) is 31.4. The minimum Gasteiger partial charge on any atom is -0.281 e. The number of fused-ring (bicyclic) bond motifs is 3. The Labute approximate surface area is 85.5 Å². The molecule has 3 atom stereocenters. The van der Waals surface area contributed by atoms with Gasteiger partial charge in [-0.25, -0.2) is 0 Å². The number of hydrogen-bond acceptors (Lipinski definition) is 4. The summed E-state index contributed by atoms with van der Waals surface area (Å²) >= 11 is 0. The molecule has 0 radical (unpaired) electrons. The van der Waals surface area contributed by atoms with E-state index < -0.39 is 0 Å². The van der Waals surface area contributed by atoms with Crippen molar-refractivity contribution in [1.82, 2.24) is 30.8 Å². The van der Waals surface area contributed by atoms with Crippen molar-refractivity contribution in [2.24, 2.45) is 11.8 Å². The zero-order chi connectivity index (χ0) is 9.99. The first-order valence-corrected chi connectivity index (χ1v) is 5.17. The number of H-pyrrole nitrogens is 2. The first-order chi connectivity index (χ1) is 7.36. The standard InChI is InChI=1S/C9H10N6/c1-3-4-2-5-7(6(3)4)10-11-8(5)9-12-14-15-13-9/h3-4,6H,2H2,1H3,(H,10,11)(H,12,13,14,15)/t3-,4+,6-/m0/s1. The van der Waals surface area contributed by atoms with Gasteiger partial charge in [0.1, 0.15) is 5.69 Å². The number of rotatable bonds is 1. The second-order valence-electron chi connectivity index (χ2n) is 4.45. The average molecular weight is 202 g/mol. The smallest absolute Gasteiger partial charge is 0.225 e. The third-order valence-corrected chi connectivity index (χ3v) is 3.79. The number of nitrogens with zero attached hydrogens (tertiary/aromatic N) is 4. The molecule has 0 amide bonds. The van der Waals surface area contributed by atoms with E-state index in [0.29, 0.717) is 11.7 Å². The quantitative estimate of drug-likeness (QED) is 0.705. The molecule has 76 valence electrons. The van der Waals surface area contributed by atoms with E-state index >= 15 is 0 Å². The molecule has 2 aromatic rings. The molecular weight excluding hydrogens is 192 g/mol. The van der Waals surface area contributed by atoms with Crippen LogP contribution in [-0.4, -0.2) is 30.8 Å². The summed E-state index contributed by atoms with van der Waals surface area (Å²) in [7, 11) is 0. The highest BCUT2D eigenvalue weighted by Crippen LogP contribution is 2.61. The monoisotopic (exact) mass is 202 g/mol. The Morgan fingerprint density at radius 1 is 1.33 bits per heavy atom. The van der Waals surface area contributed by atoms with E-state index in [0.717, 1.165) is 24.0 Å². The van der Waals surface area contributed by atoms with Crippen LogP contribution in [0.4, 0.5) is 0 Å². The minimum absolute atomic E-state index is 0.599. The molecular formula is C9H10N6. The molecule has 2 N–H and O–H groups in total. The number of aromatic amines is 2. The lowest BCUT2D eigenvalue weighted by molar-refractivity contribution is 0.753. The van der Waals surface area contributed by atoms with Gasteiger partial charge in [0.15, 0.2) is 0 Å². The van der Waals surface area contributed by atoms with Crippen molar-refractivity contribution in [1.29, 1.82) is 0 Å². The van der Waals surface area contributed by atoms with Crippen molar-refractivity contribution in [3.8, 4) is 11.5 Å². The molecule has 15 heavy (non-hydrogen) atoms. The Bertz CT molecular complexity index is 513. The molecule has 0 saturated heterocycles. The van der Waals surface area contributed by atoms with Gasteiger partial charge in [-0.3, -0.25) is 5.10 Å². The topological polar surface area (TPSA) is 83.1 Å². The molecule has 0 aliphatic heterocycles. The second-order valence-corrected chi connectivity index (χ2v) is 4.45. The average Bonchev–Trinajstić information content (AvgIpc) is 2.76. The molecule has 2 aliphatic carbocycles. The minimum atomic E-state index is 0.599. The number of tetrazole rings is 1. The van der Waals surface area contributed by atoms with Gasteiger partial charge in [0.05, 0.1) is 0 Å². The van der Waals surface area contributed by atoms with Gasteiger partial charge in [-0.1, -0.05) is 6.92 Å². The highest BCUT2D eigenvalue weighted by molar-refractivity contribution is 5.59. The second kappa shape index (κ2) is 2.26. The van der Waals surface area contributed by atoms with E-state index in [2.05, 4.69) is 37.7 Å². The molecule has 2 heterocycles. The fraction of sp³-hybridized carbons (Fsp3) is 0.556. The Hall–Kier alpha value is -1.72. The molecule has 0 bridgehead atoms. The molecule has 1 fully saturated rings. The molecule has 4 rings (SSSR count). The Morgan fingerprint density at radius 3 is 3.07 bits per heavy atom. The van der Waals surface area contributed by atoms with Crippen molar-refractivity contribution < 1.29 is 0 Å². The van der Waals surface area contributed by atoms with Gasteiger partial charge >= 0.3 is 0 Å². The molecule has 1 saturated carbocycles. The third-order valence-electron chi connectivity index (χ3n) is 3.79. The van der Waals surface area contributed by atoms with Gasteiger partial charge in [0.25, 0.3) is 0 Å². The zero-order valence-electron chi connectivity index (χ0n) is 8.23. The van der Waals surface area contributed by atoms with Crippen LogP contribution in [0.3, 0.4) is 0 Å². The van der Waals surface area contributed by atoms with Crippen LogP contribution in [-0.2, 0) is 6.42 Å². The van der Waals surface area contributed by atoms with Crippen LogP contribution in [0.15, 0.2) is 0 Å². The van der Waals surface area contributed by atoms with Crippen LogP contribution >= 0.6 is 0 Å². The lowest BCUT2D eigenvalue weighted by Crippen LogP contribution is -1.91. The third kappa shape index (κ3) is 0.800. The number of nitrogens with one attached hydrogen (secondary N) is 2. The van der Waals surface area contributed by atoms with Crippen molar-refractivity contribution in [2.45, 2.75) is 19.3 Å². The van der Waals surface area contributed by atoms with Gasteiger partial charge in [-0.15, -0.1) is 10.2 Å². The SMILES string of the molecule is C[C@H]1[C@H]2Cc3c(-c4nn[nH]n4)n[nH]c3[C@@H]12. The summed E-state index contributed by atoms with van der Waals surface area (Å²) in [5.74, 6) is 2.94. The number of hydrogen-bond donors (Lipinski definition) is 2. The highest BCUT2D eigenvalue weighted by atomic mass is 15.5. The Balaban J connectivity index is 1.85. The van der Waals surface area contributed by atoms with Gasteiger partial charge in [0.2, 0.25) is 5.82 Å². The molecule has 0 unspecified atom stereocenters. The van der Waals surface area contributed by atoms with E-state index in [9.17, 15) is 0 Å². The molecule has 2 aromatic heterocycles. The summed E-state index contributed by atoms with van der Waals surface area (Å²) in [5.41, 5.74) is 3.47. The molecule has 6 nitrogen and oxygen atoms in total. The van der Waals surface area contributed by atoms with Crippen molar-refractivity contribution in [3.63, 3.8) is 0 Å². The molecule has 0 aromatic carbocycles. The van der Waals surface area contributed by atoms with E-state index in [1.165, 1.54) is 11.3 Å². The van der Waals surface area contributed by atoms with Crippen molar-refractivity contribution in [3.05, 3.63) is 11.3 Å². The van der Waals surface area contributed by atoms with Crippen LogP contribution in [0.1, 0.15) is 24.1 Å². The predicted octanol–water partition coefficient (Wildman–Crippen LogP) is 0.495. The van der Waals surface area contributed by atoms with Crippen LogP contribution < -0.4 is 0 Å². The zero-order valence-corrected chi connectivity index (χ0v) is 8.23. The van der Waals surface area contributed by atoms with Gasteiger partial charge in [0, 0.05) is 17.2 Å². The van der Waals surface area contributed by atoms with Crippen molar-refractivity contribution >= 4 is 0 Å². The molecule has 0 spiro atoms. The van der Waals surface area contributed by atoms with Gasteiger partial charge in [-0.05, 0) is 23.5 Å². The van der Waals surface area contributed by atoms with Crippen molar-refractivity contribution in [2.75, 3.05) is 0 Å². The van der Waals surface area contributed by atoms with E-state index in [4.69, 9.17) is 0 Å². The lowest BCUT2D eigenvalue weighted by Gasteiger charge is -1.97. The highest BCUT2D eigenvalue weighted by Gasteiger charge is 2.55. The van der Waals surface area contributed by atoms with E-state index in [1.807, 2.05) is 0 Å². The first kappa shape index (κ1) is 7.56. The first-order valence-electron chi connectivity index (χ1n) is 5.17. The van der Waals surface area contributed by atoms with Gasteiger partial charge < -0.3 is 0 Å². The van der Waals surface area contributed by atoms with Crippen LogP contribution in [0.5, 0.6) is 0 Å². The summed E-state index contributed by atoms with van der Waals surface area (Å²) in [6, 6.07) is 0. The lowest BCUT2D eigenvalue weighted by atomic mass is 10.1. The van der Waals surface area contributed by atoms with E-state index in [1.54, 1.807) is 0 Å². The van der Waals surface area contributed by atoms with Gasteiger partial charge in [-0.2, -0.15) is 10.3 Å². The molecule has 2 aliphatic rings. The summed E-state index contributed by atoms with van der Waals surface area (Å²) in [6.07, 6.45) is 1.11. The Morgan fingerprint density at radius 2 is 2.27 bits per heavy atom. The summed E-state index contributed by atoms with van der Waals surface area (Å²) < 4.78 is 0. The van der Waals surface area contributed by atoms with Crippen LogP contribution in [0.25, 0.3) is 11.5 Å². The summed E-state index contributed by atoms with van der Waals surface area (Å²) in [6.45, 7) is 2.30. The summed E-state index contributed by atoms with van der Waals surface area (Å²) in [5, 5.41) is 21.4. The van der Waals surface area contributed by atoms with E-state index in [-0.39, 0.29) is 0 Å². The maximum atomic E-state index is 4.28. The van der Waals surface area contributed by atoms with Crippen LogP contribution in [0, 0.1) is 11.8 Å². The largest absolute Gasteiger partial charge is 0.281 e. The fourth-order valence-corrected chi connectivity index (χ4v) is 2.88. The summed E-state index contributed by atoms with van der Waals surface area (Å²) in [4.78, 5) is 0. The number of aromatic nitrogens is 6. The molecule has 6 heteroatoms.